The molecule has 0 aliphatic rings. The maximum atomic E-state index is 11.4. The SMILES string of the molecule is CCc1nc(S/C(=C\c2ccc(C(=O)OC)cc2)C(=O)O)n[nH]1. The number of rotatable bonds is 6. The predicted molar refractivity (Wildman–Crippen MR) is 85.0 cm³/mol. The van der Waals surface area contributed by atoms with Gasteiger partial charge in [0.2, 0.25) is 5.16 Å². The highest BCUT2D eigenvalue weighted by Gasteiger charge is 2.13. The molecule has 7 nitrogen and oxygen atoms in total. The van der Waals surface area contributed by atoms with Gasteiger partial charge in [-0.1, -0.05) is 19.1 Å². The van der Waals surface area contributed by atoms with Crippen molar-refractivity contribution in [1.82, 2.24) is 15.2 Å². The summed E-state index contributed by atoms with van der Waals surface area (Å²) in [7, 11) is 1.30. The molecule has 120 valence electrons. The number of carbonyl (C=O) groups is 2. The van der Waals surface area contributed by atoms with Crippen molar-refractivity contribution >= 4 is 29.8 Å². The van der Waals surface area contributed by atoms with Crippen LogP contribution in [-0.4, -0.2) is 39.3 Å². The van der Waals surface area contributed by atoms with Crippen LogP contribution in [0.4, 0.5) is 0 Å². The maximum Gasteiger partial charge on any atom is 0.342 e. The number of hydrogen-bond donors (Lipinski definition) is 2. The van der Waals surface area contributed by atoms with Crippen molar-refractivity contribution in [2.75, 3.05) is 7.11 Å². The largest absolute Gasteiger partial charge is 0.477 e. The number of thioether (sulfide) groups is 1. The van der Waals surface area contributed by atoms with Gasteiger partial charge in [0.1, 0.15) is 10.7 Å². The molecular weight excluding hydrogens is 318 g/mol. The number of nitrogens with one attached hydrogen (secondary N) is 1. The number of methoxy groups -OCH3 is 1. The average molecular weight is 333 g/mol. The summed E-state index contributed by atoms with van der Waals surface area (Å²) in [6.45, 7) is 1.92. The number of aromatic nitrogens is 3. The second kappa shape index (κ2) is 7.59. The number of aliphatic carboxylic acids is 1. The summed E-state index contributed by atoms with van der Waals surface area (Å²) in [6.07, 6.45) is 2.19. The summed E-state index contributed by atoms with van der Waals surface area (Å²) in [6, 6.07) is 6.43. The van der Waals surface area contributed by atoms with Gasteiger partial charge in [0.25, 0.3) is 0 Å². The highest BCUT2D eigenvalue weighted by Crippen LogP contribution is 2.25. The van der Waals surface area contributed by atoms with Crippen molar-refractivity contribution in [3.05, 3.63) is 46.1 Å². The van der Waals surface area contributed by atoms with E-state index in [0.717, 1.165) is 11.8 Å². The van der Waals surface area contributed by atoms with Crippen LogP contribution in [0.5, 0.6) is 0 Å². The fraction of sp³-hybridized carbons (Fsp3) is 0.200. The number of nitrogens with zero attached hydrogens (tertiary/aromatic N) is 2. The van der Waals surface area contributed by atoms with Gasteiger partial charge in [-0.2, -0.15) is 0 Å². The molecule has 0 saturated heterocycles. The summed E-state index contributed by atoms with van der Waals surface area (Å²) >= 11 is 0.959. The second-order valence-electron chi connectivity index (χ2n) is 4.45. The van der Waals surface area contributed by atoms with Gasteiger partial charge < -0.3 is 9.84 Å². The standard InChI is InChI=1S/C15H15N3O4S/c1-3-12-16-15(18-17-12)23-11(13(19)20)8-9-4-6-10(7-5-9)14(21)22-2/h4-8H,3H2,1-2H3,(H,19,20)(H,16,17,18)/b11-8-. The highest BCUT2D eigenvalue weighted by molar-refractivity contribution is 8.04. The van der Waals surface area contributed by atoms with Crippen LogP contribution in [0.3, 0.4) is 0 Å². The molecular formula is C15H15N3O4S. The van der Waals surface area contributed by atoms with Crippen LogP contribution >= 0.6 is 11.8 Å². The lowest BCUT2D eigenvalue weighted by Gasteiger charge is -2.01. The first-order valence-electron chi connectivity index (χ1n) is 6.76. The molecule has 23 heavy (non-hydrogen) atoms. The molecule has 0 fully saturated rings. The Morgan fingerprint density at radius 3 is 2.57 bits per heavy atom. The van der Waals surface area contributed by atoms with Crippen LogP contribution < -0.4 is 0 Å². The van der Waals surface area contributed by atoms with Gasteiger partial charge in [-0.3, -0.25) is 5.10 Å². The number of benzene rings is 1. The normalized spacial score (nSPS) is 11.3. The number of aromatic amines is 1. The van der Waals surface area contributed by atoms with Crippen molar-refractivity contribution in [2.45, 2.75) is 18.5 Å². The summed E-state index contributed by atoms with van der Waals surface area (Å²) < 4.78 is 4.61. The molecule has 0 amide bonds. The molecule has 0 radical (unpaired) electrons. The van der Waals surface area contributed by atoms with E-state index >= 15 is 0 Å². The number of aryl methyl sites for hydroxylation is 1. The number of H-pyrrole nitrogens is 1. The Morgan fingerprint density at radius 2 is 2.04 bits per heavy atom. The monoisotopic (exact) mass is 333 g/mol. The van der Waals surface area contributed by atoms with Crippen molar-refractivity contribution in [3.63, 3.8) is 0 Å². The molecule has 0 saturated carbocycles. The zero-order valence-corrected chi connectivity index (χ0v) is 13.4. The Kier molecular flexibility index (Phi) is 5.53. The van der Waals surface area contributed by atoms with E-state index in [1.54, 1.807) is 24.3 Å². The Hall–Kier alpha value is -2.61. The van der Waals surface area contributed by atoms with Crippen LogP contribution in [0.25, 0.3) is 6.08 Å². The van der Waals surface area contributed by atoms with Crippen LogP contribution in [0.1, 0.15) is 28.7 Å². The van der Waals surface area contributed by atoms with Crippen molar-refractivity contribution < 1.29 is 19.4 Å². The zero-order valence-electron chi connectivity index (χ0n) is 12.6. The minimum absolute atomic E-state index is 0.0810. The minimum atomic E-state index is -1.07. The van der Waals surface area contributed by atoms with E-state index in [1.807, 2.05) is 6.92 Å². The number of hydrogen-bond acceptors (Lipinski definition) is 6. The fourth-order valence-corrected chi connectivity index (χ4v) is 2.43. The summed E-state index contributed by atoms with van der Waals surface area (Å²) in [4.78, 5) is 27.0. The van der Waals surface area contributed by atoms with Crippen molar-refractivity contribution in [3.8, 4) is 0 Å². The fourth-order valence-electron chi connectivity index (χ4n) is 1.70. The molecule has 0 spiro atoms. The van der Waals surface area contributed by atoms with E-state index in [2.05, 4.69) is 19.9 Å². The maximum absolute atomic E-state index is 11.4. The molecule has 1 aromatic carbocycles. The van der Waals surface area contributed by atoms with Crippen LogP contribution in [0.2, 0.25) is 0 Å². The van der Waals surface area contributed by atoms with Gasteiger partial charge in [-0.25, -0.2) is 14.6 Å². The number of esters is 1. The third kappa shape index (κ3) is 4.43. The highest BCUT2D eigenvalue weighted by atomic mass is 32.2. The first-order valence-corrected chi connectivity index (χ1v) is 7.57. The topological polar surface area (TPSA) is 105 Å². The Bertz CT molecular complexity index is 737. The summed E-state index contributed by atoms with van der Waals surface area (Å²) in [5, 5.41) is 16.4. The molecule has 2 aromatic rings. The van der Waals surface area contributed by atoms with E-state index in [9.17, 15) is 14.7 Å². The molecule has 0 bridgehead atoms. The smallest absolute Gasteiger partial charge is 0.342 e. The van der Waals surface area contributed by atoms with Gasteiger partial charge in [-0.05, 0) is 35.5 Å². The van der Waals surface area contributed by atoms with Crippen LogP contribution in [0, 0.1) is 0 Å². The number of carboxylic acid groups (broad SMARTS) is 1. The van der Waals surface area contributed by atoms with Gasteiger partial charge in [0.05, 0.1) is 12.7 Å². The lowest BCUT2D eigenvalue weighted by molar-refractivity contribution is -0.131. The zero-order chi connectivity index (χ0) is 16.8. The lowest BCUT2D eigenvalue weighted by Crippen LogP contribution is -2.00. The molecule has 2 rings (SSSR count). The lowest BCUT2D eigenvalue weighted by atomic mass is 10.1. The van der Waals surface area contributed by atoms with Crippen molar-refractivity contribution in [1.29, 1.82) is 0 Å². The van der Waals surface area contributed by atoms with Gasteiger partial charge >= 0.3 is 11.9 Å². The van der Waals surface area contributed by atoms with Gasteiger partial charge in [0, 0.05) is 6.42 Å². The van der Waals surface area contributed by atoms with Crippen LogP contribution in [0.15, 0.2) is 34.3 Å². The van der Waals surface area contributed by atoms with Crippen LogP contribution in [-0.2, 0) is 16.0 Å². The quantitative estimate of drug-likeness (QED) is 0.475. The first kappa shape index (κ1) is 16.8. The average Bonchev–Trinajstić information content (AvgIpc) is 3.01. The molecule has 2 N–H and O–H groups in total. The molecule has 0 unspecified atom stereocenters. The molecule has 0 atom stereocenters. The van der Waals surface area contributed by atoms with E-state index in [4.69, 9.17) is 0 Å². The Balaban J connectivity index is 2.21. The van der Waals surface area contributed by atoms with E-state index in [-0.39, 0.29) is 4.91 Å². The first-order chi connectivity index (χ1) is 11.0. The second-order valence-corrected chi connectivity index (χ2v) is 5.46. The van der Waals surface area contributed by atoms with Gasteiger partial charge in [-0.15, -0.1) is 5.10 Å². The third-order valence-electron chi connectivity index (χ3n) is 2.89. The summed E-state index contributed by atoms with van der Waals surface area (Å²) in [5.41, 5.74) is 1.05. The molecule has 1 aromatic heterocycles. The Morgan fingerprint density at radius 1 is 1.35 bits per heavy atom. The molecule has 0 aliphatic heterocycles. The number of carbonyl (C=O) groups excluding carboxylic acids is 1. The molecule has 8 heteroatoms. The summed E-state index contributed by atoms with van der Waals surface area (Å²) in [5.74, 6) is -0.823. The molecule has 0 aliphatic carbocycles. The predicted octanol–water partition coefficient (Wildman–Crippen LogP) is 2.37. The van der Waals surface area contributed by atoms with E-state index in [0.29, 0.717) is 28.5 Å². The molecule has 1 heterocycles. The third-order valence-corrected chi connectivity index (χ3v) is 3.77. The Labute approximate surface area is 136 Å². The van der Waals surface area contributed by atoms with E-state index in [1.165, 1.54) is 13.2 Å². The van der Waals surface area contributed by atoms with Crippen molar-refractivity contribution in [2.24, 2.45) is 0 Å². The van der Waals surface area contributed by atoms with E-state index < -0.39 is 11.9 Å². The minimum Gasteiger partial charge on any atom is -0.477 e. The number of carboxylic acids is 1. The van der Waals surface area contributed by atoms with Gasteiger partial charge in [0.15, 0.2) is 0 Å². The number of ether oxygens (including phenoxy) is 1.